The Labute approximate surface area is 107 Å². The van der Waals surface area contributed by atoms with E-state index in [4.69, 9.17) is 4.74 Å². The van der Waals surface area contributed by atoms with E-state index in [-0.39, 0.29) is 11.5 Å². The number of benzene rings is 1. The van der Waals surface area contributed by atoms with Gasteiger partial charge in [-0.25, -0.2) is 0 Å². The van der Waals surface area contributed by atoms with E-state index in [1.54, 1.807) is 0 Å². The summed E-state index contributed by atoms with van der Waals surface area (Å²) in [5, 5.41) is 1.32. The normalized spacial score (nSPS) is 28.2. The van der Waals surface area contributed by atoms with Crippen molar-refractivity contribution in [1.29, 1.82) is 0 Å². The molecule has 0 radical (unpaired) electrons. The van der Waals surface area contributed by atoms with Gasteiger partial charge in [-0.2, -0.15) is 0 Å². The zero-order valence-electron chi connectivity index (χ0n) is 11.2. The molecule has 0 N–H and O–H groups in total. The summed E-state index contributed by atoms with van der Waals surface area (Å²) in [4.78, 5) is 2.51. The molecular weight excluding hydrogens is 269 g/mol. The van der Waals surface area contributed by atoms with Crippen LogP contribution in [0, 0.1) is 5.41 Å². The van der Waals surface area contributed by atoms with Gasteiger partial charge in [-0.3, -0.25) is 0 Å². The number of methoxy groups -OCH3 is 1. The number of ether oxygens (including phenoxy) is 1. The summed E-state index contributed by atoms with van der Waals surface area (Å²) in [7, 11) is 1.83. The van der Waals surface area contributed by atoms with E-state index in [2.05, 4.69) is 59.8 Å². The third-order valence-electron chi connectivity index (χ3n) is 3.69. The van der Waals surface area contributed by atoms with Gasteiger partial charge < -0.3 is 0 Å². The average molecular weight is 291 g/mol. The van der Waals surface area contributed by atoms with Crippen molar-refractivity contribution in [1.82, 2.24) is 0 Å². The van der Waals surface area contributed by atoms with Gasteiger partial charge in [0.2, 0.25) is 0 Å². The van der Waals surface area contributed by atoms with E-state index < -0.39 is 13.3 Å². The topological polar surface area (TPSA) is 9.23 Å². The fraction of sp³-hybridized carbons (Fsp3) is 0.467. The molecule has 0 saturated heterocycles. The molecule has 2 atom stereocenters. The first-order chi connectivity index (χ1) is 7.97. The predicted octanol–water partition coefficient (Wildman–Crippen LogP) is 4.20. The Balaban J connectivity index is 2.29. The van der Waals surface area contributed by atoms with Gasteiger partial charge in [-0.05, 0) is 0 Å². The summed E-state index contributed by atoms with van der Waals surface area (Å²) in [6.07, 6.45) is 2.60. The molecule has 0 aromatic heterocycles. The molecule has 1 heterocycles. The fourth-order valence-electron chi connectivity index (χ4n) is 3.11. The van der Waals surface area contributed by atoms with Gasteiger partial charge >= 0.3 is 107 Å². The zero-order chi connectivity index (χ0) is 12.5. The predicted molar refractivity (Wildman–Crippen MR) is 75.7 cm³/mol. The molecule has 0 aliphatic carbocycles. The minimum atomic E-state index is -1.65. The monoisotopic (exact) mass is 292 g/mol. The van der Waals surface area contributed by atoms with E-state index in [9.17, 15) is 0 Å². The molecular formula is C15H22GeO. The van der Waals surface area contributed by atoms with Crippen molar-refractivity contribution in [2.45, 2.75) is 29.8 Å². The van der Waals surface area contributed by atoms with Crippen LogP contribution in [0.15, 0.2) is 41.3 Å². The molecule has 0 amide bonds. The van der Waals surface area contributed by atoms with Crippen molar-refractivity contribution in [3.63, 3.8) is 0 Å². The zero-order valence-corrected chi connectivity index (χ0v) is 13.3. The summed E-state index contributed by atoms with van der Waals surface area (Å²) in [6.45, 7) is 2.34. The minimum absolute atomic E-state index is 0.180. The first-order valence-electron chi connectivity index (χ1n) is 6.25. The summed E-state index contributed by atoms with van der Waals surface area (Å²) < 4.78 is 5.80. The summed E-state index contributed by atoms with van der Waals surface area (Å²) in [5.41, 5.74) is 1.47. The molecule has 2 heteroatoms. The van der Waals surface area contributed by atoms with Crippen LogP contribution in [0.25, 0.3) is 0 Å². The molecule has 92 valence electrons. The molecule has 17 heavy (non-hydrogen) atoms. The third kappa shape index (κ3) is 2.66. The summed E-state index contributed by atoms with van der Waals surface area (Å²) in [6, 6.07) is 10.6. The maximum absolute atomic E-state index is 5.80. The Hall–Kier alpha value is -0.537. The van der Waals surface area contributed by atoms with Crippen LogP contribution in [0.1, 0.15) is 18.6 Å². The van der Waals surface area contributed by atoms with Crippen LogP contribution in [-0.2, 0) is 4.74 Å². The standard InChI is InChI=1S/C15H22GeO/c1-15(10-11-16(2,3)12-15)14(17-4)13-8-6-5-7-9-13/h5-11,14H,12H2,1-4H3/t14-,15+/m1/s1. The van der Waals surface area contributed by atoms with Gasteiger partial charge in [0.1, 0.15) is 0 Å². The van der Waals surface area contributed by atoms with Gasteiger partial charge in [0, 0.05) is 0 Å². The maximum atomic E-state index is 5.80. The van der Waals surface area contributed by atoms with Crippen LogP contribution >= 0.6 is 0 Å². The Morgan fingerprint density at radius 1 is 1.24 bits per heavy atom. The third-order valence-corrected chi connectivity index (χ3v) is 9.44. The molecule has 1 nitrogen and oxygen atoms in total. The Bertz CT molecular complexity index is 410. The molecule has 1 aliphatic heterocycles. The van der Waals surface area contributed by atoms with Crippen LogP contribution in [0.2, 0.25) is 16.8 Å². The molecule has 0 bridgehead atoms. The van der Waals surface area contributed by atoms with Gasteiger partial charge in [-0.15, -0.1) is 0 Å². The average Bonchev–Trinajstić information content (AvgIpc) is 2.56. The van der Waals surface area contributed by atoms with Crippen molar-refractivity contribution in [2.75, 3.05) is 7.11 Å². The second-order valence-corrected chi connectivity index (χ2v) is 15.8. The van der Waals surface area contributed by atoms with E-state index in [1.807, 2.05) is 7.11 Å². The van der Waals surface area contributed by atoms with Crippen molar-refractivity contribution < 1.29 is 4.74 Å². The SMILES string of the molecule is CO[C@H](c1ccccc1)[C@@]1(C)C=[CH][Ge]([CH3])([CH3])[CH2]1. The molecule has 0 spiro atoms. The first-order valence-corrected chi connectivity index (χ1v) is 13.1. The molecule has 2 rings (SSSR count). The molecule has 1 aromatic carbocycles. The Morgan fingerprint density at radius 2 is 1.88 bits per heavy atom. The number of rotatable bonds is 3. The van der Waals surface area contributed by atoms with Crippen LogP contribution in [0.3, 0.4) is 0 Å². The van der Waals surface area contributed by atoms with Crippen LogP contribution in [-0.4, -0.2) is 20.4 Å². The van der Waals surface area contributed by atoms with Gasteiger partial charge in [0.15, 0.2) is 0 Å². The van der Waals surface area contributed by atoms with Crippen molar-refractivity contribution in [3.8, 4) is 0 Å². The van der Waals surface area contributed by atoms with E-state index >= 15 is 0 Å². The summed E-state index contributed by atoms with van der Waals surface area (Å²) in [5.74, 6) is 4.94. The fourth-order valence-corrected chi connectivity index (χ4v) is 9.86. The van der Waals surface area contributed by atoms with Crippen LogP contribution in [0.4, 0.5) is 0 Å². The molecule has 0 saturated carbocycles. The van der Waals surface area contributed by atoms with Crippen LogP contribution < -0.4 is 0 Å². The van der Waals surface area contributed by atoms with E-state index in [0.29, 0.717) is 0 Å². The van der Waals surface area contributed by atoms with Gasteiger partial charge in [-0.1, -0.05) is 0 Å². The molecule has 1 aromatic rings. The second-order valence-electron chi connectivity index (χ2n) is 6.03. The Morgan fingerprint density at radius 3 is 2.35 bits per heavy atom. The first kappa shape index (κ1) is 12.9. The molecule has 1 aliphatic rings. The van der Waals surface area contributed by atoms with Crippen molar-refractivity contribution >= 4 is 13.3 Å². The van der Waals surface area contributed by atoms with Gasteiger partial charge in [0.05, 0.1) is 0 Å². The van der Waals surface area contributed by atoms with Gasteiger partial charge in [0.25, 0.3) is 0 Å². The number of hydrogen-bond donors (Lipinski definition) is 0. The van der Waals surface area contributed by atoms with Crippen LogP contribution in [0.5, 0.6) is 0 Å². The van der Waals surface area contributed by atoms with E-state index in [1.165, 1.54) is 10.8 Å². The second kappa shape index (κ2) is 4.62. The summed E-state index contributed by atoms with van der Waals surface area (Å²) >= 11 is -1.65. The van der Waals surface area contributed by atoms with Crippen molar-refractivity contribution in [3.05, 3.63) is 46.9 Å². The van der Waals surface area contributed by atoms with E-state index in [0.717, 1.165) is 0 Å². The quantitative estimate of drug-likeness (QED) is 0.758. The Kier molecular flexibility index (Phi) is 3.51. The molecule has 0 fully saturated rings. The van der Waals surface area contributed by atoms with Crippen molar-refractivity contribution in [2.24, 2.45) is 5.41 Å². The molecule has 0 unspecified atom stereocenters. The number of hydrogen-bond acceptors (Lipinski definition) is 1.